The topological polar surface area (TPSA) is 104 Å². The van der Waals surface area contributed by atoms with E-state index in [0.717, 1.165) is 5.56 Å². The molecule has 0 heterocycles. The van der Waals surface area contributed by atoms with E-state index < -0.39 is 23.9 Å². The van der Waals surface area contributed by atoms with E-state index in [2.05, 4.69) is 0 Å². The number of benzene rings is 1. The minimum atomic E-state index is -1.69. The van der Waals surface area contributed by atoms with Crippen molar-refractivity contribution in [2.75, 3.05) is 0 Å². The van der Waals surface area contributed by atoms with Gasteiger partial charge in [-0.1, -0.05) is 30.3 Å². The molecule has 0 aliphatic carbocycles. The lowest BCUT2D eigenvalue weighted by Crippen LogP contribution is -2.44. The summed E-state index contributed by atoms with van der Waals surface area (Å²) in [6.45, 7) is 0. The number of hydrogen-bond donors (Lipinski definition) is 3. The van der Waals surface area contributed by atoms with Gasteiger partial charge >= 0.3 is 17.8 Å². The third-order valence-electron chi connectivity index (χ3n) is 2.36. The molecule has 0 bridgehead atoms. The number of hydrogen-bond acceptors (Lipinski definition) is 3. The van der Waals surface area contributed by atoms with Gasteiger partial charge in [0, 0.05) is 0 Å². The summed E-state index contributed by atoms with van der Waals surface area (Å²) in [6.07, 6.45) is 0.579. The van der Waals surface area contributed by atoms with Crippen molar-refractivity contribution in [1.29, 1.82) is 0 Å². The van der Waals surface area contributed by atoms with Crippen molar-refractivity contribution < 1.29 is 24.6 Å². The van der Waals surface area contributed by atoms with E-state index in [9.17, 15) is 14.4 Å². The van der Waals surface area contributed by atoms with Gasteiger partial charge in [-0.05, 0) is 18.4 Å². The van der Waals surface area contributed by atoms with Crippen molar-refractivity contribution >= 4 is 17.8 Å². The van der Waals surface area contributed by atoms with Crippen LogP contribution in [-0.2, 0) is 20.8 Å². The third-order valence-corrected chi connectivity index (χ3v) is 2.36. The molecule has 0 fully saturated rings. The summed E-state index contributed by atoms with van der Waals surface area (Å²) in [5.74, 6) is -4.25. The molecule has 0 saturated carbocycles. The molecule has 0 unspecified atom stereocenters. The highest BCUT2D eigenvalue weighted by Crippen LogP contribution is 2.05. The Kier molecular flexibility index (Phi) is 4.86. The van der Waals surface area contributed by atoms with E-state index in [1.54, 1.807) is 0 Å². The van der Waals surface area contributed by atoms with Crippen molar-refractivity contribution in [2.24, 2.45) is 0 Å². The molecule has 0 aliphatic heterocycles. The molecule has 0 aliphatic rings. The molecule has 0 radical (unpaired) electrons. The highest BCUT2D eigenvalue weighted by molar-refractivity contribution is 6.31. The van der Waals surface area contributed by atoms with Gasteiger partial charge in [-0.25, -0.2) is 9.59 Å². The predicted octanol–water partition coefficient (Wildman–Crippen LogP) is 0.273. The first-order valence-electron chi connectivity index (χ1n) is 5.31. The number of carboxylic acids is 2. The summed E-state index contributed by atoms with van der Waals surface area (Å²) in [6, 6.07) is 7.94. The summed E-state index contributed by atoms with van der Waals surface area (Å²) in [4.78, 5) is 32.1. The molecule has 18 heavy (non-hydrogen) atoms. The first-order valence-corrected chi connectivity index (χ1v) is 5.31. The van der Waals surface area contributed by atoms with Crippen molar-refractivity contribution in [3.05, 3.63) is 35.9 Å². The van der Waals surface area contributed by atoms with Gasteiger partial charge < -0.3 is 15.5 Å². The average molecular weight is 251 g/mol. The molecule has 6 nitrogen and oxygen atoms in total. The molecule has 0 saturated heterocycles. The van der Waals surface area contributed by atoms with Crippen LogP contribution in [0.5, 0.6) is 0 Å². The number of aliphatic carboxylic acids is 2. The first-order chi connectivity index (χ1) is 8.50. The van der Waals surface area contributed by atoms with E-state index in [-0.39, 0.29) is 6.42 Å². The second-order valence-electron chi connectivity index (χ2n) is 3.69. The van der Waals surface area contributed by atoms with Crippen LogP contribution in [0.4, 0.5) is 0 Å². The van der Waals surface area contributed by atoms with Gasteiger partial charge in [0.25, 0.3) is 0 Å². The normalized spacial score (nSPS) is 11.6. The van der Waals surface area contributed by atoms with Crippen molar-refractivity contribution in [3.8, 4) is 0 Å². The lowest BCUT2D eigenvalue weighted by molar-refractivity contribution is -0.152. The second-order valence-corrected chi connectivity index (χ2v) is 3.69. The monoisotopic (exact) mass is 251 g/mol. The summed E-state index contributed by atoms with van der Waals surface area (Å²) in [5, 5.41) is 19.2. The number of nitrogens with one attached hydrogen (secondary N) is 1. The van der Waals surface area contributed by atoms with Crippen LogP contribution < -0.4 is 5.32 Å². The fourth-order valence-corrected chi connectivity index (χ4v) is 1.43. The Labute approximate surface area is 103 Å². The molecular weight excluding hydrogens is 238 g/mol. The van der Waals surface area contributed by atoms with Gasteiger partial charge in [0.15, 0.2) is 0 Å². The summed E-state index contributed by atoms with van der Waals surface area (Å²) < 4.78 is 0. The van der Waals surface area contributed by atoms with Crippen LogP contribution in [0.3, 0.4) is 0 Å². The molecule has 6 heteroatoms. The lowest BCUT2D eigenvalue weighted by atomic mass is 10.1. The maximum Gasteiger partial charge on any atom is 0.394 e. The van der Waals surface area contributed by atoms with Gasteiger partial charge in [0.05, 0.1) is 0 Å². The minimum Gasteiger partial charge on any atom is -0.480 e. The van der Waals surface area contributed by atoms with Crippen LogP contribution in [0.25, 0.3) is 0 Å². The van der Waals surface area contributed by atoms with Gasteiger partial charge in [-0.2, -0.15) is 0 Å². The van der Waals surface area contributed by atoms with Gasteiger partial charge in [0.1, 0.15) is 6.04 Å². The quantitative estimate of drug-likeness (QED) is 0.652. The van der Waals surface area contributed by atoms with Crippen molar-refractivity contribution in [1.82, 2.24) is 5.32 Å². The molecular formula is C12H13NO5. The zero-order valence-corrected chi connectivity index (χ0v) is 9.50. The SMILES string of the molecule is O=C(O)C(=O)N[C@@H](CCc1ccccc1)C(=O)O. The number of carbonyl (C=O) groups is 3. The molecule has 1 atom stereocenters. The number of amides is 1. The summed E-state index contributed by atoms with van der Waals surface area (Å²) >= 11 is 0. The first kappa shape index (κ1) is 13.7. The molecule has 1 rings (SSSR count). The molecule has 1 aromatic rings. The lowest BCUT2D eigenvalue weighted by Gasteiger charge is -2.12. The van der Waals surface area contributed by atoms with Crippen LogP contribution >= 0.6 is 0 Å². The molecule has 3 N–H and O–H groups in total. The zero-order chi connectivity index (χ0) is 13.5. The predicted molar refractivity (Wildman–Crippen MR) is 62.0 cm³/mol. The highest BCUT2D eigenvalue weighted by atomic mass is 16.4. The Morgan fingerprint density at radius 3 is 2.22 bits per heavy atom. The second kappa shape index (κ2) is 6.39. The van der Waals surface area contributed by atoms with Crippen LogP contribution in [0, 0.1) is 0 Å². The minimum absolute atomic E-state index is 0.137. The maximum atomic E-state index is 10.9. The fourth-order valence-electron chi connectivity index (χ4n) is 1.43. The summed E-state index contributed by atoms with van der Waals surface area (Å²) in [5.41, 5.74) is 0.924. The van der Waals surface area contributed by atoms with Crippen LogP contribution in [0.1, 0.15) is 12.0 Å². The van der Waals surface area contributed by atoms with Gasteiger partial charge in [-0.3, -0.25) is 4.79 Å². The summed E-state index contributed by atoms with van der Waals surface area (Å²) in [7, 11) is 0. The number of carboxylic acid groups (broad SMARTS) is 2. The number of aryl methyl sites for hydroxylation is 1. The molecule has 1 aromatic carbocycles. The Morgan fingerprint density at radius 2 is 1.72 bits per heavy atom. The maximum absolute atomic E-state index is 10.9. The van der Waals surface area contributed by atoms with E-state index in [1.165, 1.54) is 0 Å². The molecule has 1 amide bonds. The number of rotatable bonds is 5. The van der Waals surface area contributed by atoms with Crippen molar-refractivity contribution in [3.63, 3.8) is 0 Å². The Balaban J connectivity index is 2.56. The van der Waals surface area contributed by atoms with E-state index in [0.29, 0.717) is 6.42 Å². The molecule has 0 aromatic heterocycles. The fraction of sp³-hybridized carbons (Fsp3) is 0.250. The largest absolute Gasteiger partial charge is 0.480 e. The van der Waals surface area contributed by atoms with Crippen LogP contribution in [-0.4, -0.2) is 34.1 Å². The van der Waals surface area contributed by atoms with E-state index in [1.807, 2.05) is 35.6 Å². The van der Waals surface area contributed by atoms with E-state index in [4.69, 9.17) is 10.2 Å². The Bertz CT molecular complexity index is 443. The Morgan fingerprint density at radius 1 is 1.11 bits per heavy atom. The van der Waals surface area contributed by atoms with Gasteiger partial charge in [0.2, 0.25) is 0 Å². The third kappa shape index (κ3) is 4.25. The van der Waals surface area contributed by atoms with E-state index >= 15 is 0 Å². The van der Waals surface area contributed by atoms with Gasteiger partial charge in [-0.15, -0.1) is 0 Å². The van der Waals surface area contributed by atoms with Crippen molar-refractivity contribution in [2.45, 2.75) is 18.9 Å². The zero-order valence-electron chi connectivity index (χ0n) is 9.50. The number of carbonyl (C=O) groups excluding carboxylic acids is 1. The van der Waals surface area contributed by atoms with Crippen LogP contribution in [0.2, 0.25) is 0 Å². The Hall–Kier alpha value is -2.37. The van der Waals surface area contributed by atoms with Crippen LogP contribution in [0.15, 0.2) is 30.3 Å². The smallest absolute Gasteiger partial charge is 0.394 e. The molecule has 0 spiro atoms. The highest BCUT2D eigenvalue weighted by Gasteiger charge is 2.22. The standard InChI is InChI=1S/C12H13NO5/c14-10(12(17)18)13-9(11(15)16)7-6-8-4-2-1-3-5-8/h1-5,9H,6-7H2,(H,13,14)(H,15,16)(H,17,18)/t9-/m0/s1. The average Bonchev–Trinajstić information content (AvgIpc) is 2.34. The molecule has 96 valence electrons.